The zero-order valence-electron chi connectivity index (χ0n) is 14.7. The molecule has 1 unspecified atom stereocenters. The molecule has 3 aromatic carbocycles. The first-order chi connectivity index (χ1) is 13.4. The van der Waals surface area contributed by atoms with Crippen molar-refractivity contribution in [3.05, 3.63) is 103 Å². The van der Waals surface area contributed by atoms with E-state index < -0.39 is 7.92 Å². The van der Waals surface area contributed by atoms with Crippen LogP contribution in [0.25, 0.3) is 21.8 Å². The molecule has 128 valence electrons. The molecule has 2 nitrogen and oxygen atoms in total. The van der Waals surface area contributed by atoms with Gasteiger partial charge < -0.3 is 0 Å². The molecule has 0 saturated carbocycles. The number of hydrogen-bond donors (Lipinski definition) is 0. The van der Waals surface area contributed by atoms with Crippen LogP contribution in [0.2, 0.25) is 0 Å². The second kappa shape index (κ2) is 6.90. The van der Waals surface area contributed by atoms with Crippen molar-refractivity contribution in [2.75, 3.05) is 0 Å². The molecule has 2 heterocycles. The fraction of sp³-hybridized carbons (Fsp3) is 0. The van der Waals surface area contributed by atoms with E-state index in [-0.39, 0.29) is 0 Å². The molecular formula is C24H17N2P. The first-order valence-electron chi connectivity index (χ1n) is 8.95. The SMILES string of the molecule is c1ccc(P(c2ccc3cccnc3n2)c2cccc3ccccc23)cc1. The Balaban J connectivity index is 1.78. The average molecular weight is 364 g/mol. The summed E-state index contributed by atoms with van der Waals surface area (Å²) in [6.45, 7) is 0. The van der Waals surface area contributed by atoms with Crippen LogP contribution in [0.15, 0.2) is 103 Å². The van der Waals surface area contributed by atoms with Gasteiger partial charge >= 0.3 is 0 Å². The summed E-state index contributed by atoms with van der Waals surface area (Å²) in [7, 11) is -0.770. The number of benzene rings is 3. The van der Waals surface area contributed by atoms with Crippen LogP contribution in [-0.2, 0) is 0 Å². The Kier molecular flexibility index (Phi) is 4.12. The molecular weight excluding hydrogens is 347 g/mol. The van der Waals surface area contributed by atoms with E-state index in [2.05, 4.69) is 96.0 Å². The van der Waals surface area contributed by atoms with Crippen LogP contribution in [-0.4, -0.2) is 9.97 Å². The average Bonchev–Trinajstić information content (AvgIpc) is 2.75. The minimum Gasteiger partial charge on any atom is -0.237 e. The predicted molar refractivity (Wildman–Crippen MR) is 116 cm³/mol. The van der Waals surface area contributed by atoms with Gasteiger partial charge in [-0.15, -0.1) is 0 Å². The summed E-state index contributed by atoms with van der Waals surface area (Å²) >= 11 is 0. The number of fused-ring (bicyclic) bond motifs is 2. The summed E-state index contributed by atoms with van der Waals surface area (Å²) < 4.78 is 0. The Hall–Kier alpha value is -3.09. The van der Waals surface area contributed by atoms with Gasteiger partial charge in [-0.1, -0.05) is 72.8 Å². The molecule has 0 bridgehead atoms. The van der Waals surface area contributed by atoms with E-state index in [1.165, 1.54) is 21.4 Å². The van der Waals surface area contributed by atoms with E-state index in [1.54, 1.807) is 0 Å². The maximum Gasteiger partial charge on any atom is 0.159 e. The highest BCUT2D eigenvalue weighted by Crippen LogP contribution is 2.35. The van der Waals surface area contributed by atoms with Crippen LogP contribution in [0, 0.1) is 0 Å². The minimum atomic E-state index is -0.770. The van der Waals surface area contributed by atoms with Crippen LogP contribution in [0.1, 0.15) is 0 Å². The zero-order valence-corrected chi connectivity index (χ0v) is 15.6. The van der Waals surface area contributed by atoms with E-state index in [4.69, 9.17) is 4.98 Å². The lowest BCUT2D eigenvalue weighted by molar-refractivity contribution is 1.32. The largest absolute Gasteiger partial charge is 0.237 e. The molecule has 0 radical (unpaired) electrons. The molecule has 0 fully saturated rings. The minimum absolute atomic E-state index is 0.770. The normalized spacial score (nSPS) is 12.3. The van der Waals surface area contributed by atoms with Crippen molar-refractivity contribution in [1.29, 1.82) is 0 Å². The van der Waals surface area contributed by atoms with Gasteiger partial charge in [0.05, 0.1) is 5.44 Å². The number of rotatable bonds is 3. The summed E-state index contributed by atoms with van der Waals surface area (Å²) in [5, 5.41) is 6.25. The van der Waals surface area contributed by atoms with Crippen LogP contribution in [0.4, 0.5) is 0 Å². The van der Waals surface area contributed by atoms with Crippen molar-refractivity contribution < 1.29 is 0 Å². The Morgan fingerprint density at radius 2 is 1.37 bits per heavy atom. The molecule has 0 spiro atoms. The standard InChI is InChI=1S/C24H17N2P/c1-2-11-20(12-3-1)27(22-14-6-9-18-8-4-5-13-21(18)22)23-16-15-19-10-7-17-25-24(19)26-23/h1-17H. The smallest absolute Gasteiger partial charge is 0.159 e. The van der Waals surface area contributed by atoms with Gasteiger partial charge in [0.1, 0.15) is 0 Å². The molecule has 0 amide bonds. The van der Waals surface area contributed by atoms with E-state index in [0.717, 1.165) is 16.5 Å². The molecule has 2 aromatic heterocycles. The van der Waals surface area contributed by atoms with Gasteiger partial charge in [-0.2, -0.15) is 0 Å². The molecule has 27 heavy (non-hydrogen) atoms. The van der Waals surface area contributed by atoms with E-state index in [0.29, 0.717) is 0 Å². The second-order valence-corrected chi connectivity index (χ2v) is 8.52. The van der Waals surface area contributed by atoms with Gasteiger partial charge in [0.2, 0.25) is 0 Å². The number of hydrogen-bond acceptors (Lipinski definition) is 2. The molecule has 0 aliphatic rings. The highest BCUT2D eigenvalue weighted by atomic mass is 31.1. The lowest BCUT2D eigenvalue weighted by Crippen LogP contribution is -2.23. The number of aromatic nitrogens is 2. The van der Waals surface area contributed by atoms with Crippen LogP contribution in [0.5, 0.6) is 0 Å². The summed E-state index contributed by atoms with van der Waals surface area (Å²) in [4.78, 5) is 9.43. The molecule has 0 aliphatic heterocycles. The van der Waals surface area contributed by atoms with Gasteiger partial charge in [0.15, 0.2) is 5.65 Å². The van der Waals surface area contributed by atoms with Crippen molar-refractivity contribution in [1.82, 2.24) is 9.97 Å². The van der Waals surface area contributed by atoms with Gasteiger partial charge in [0.25, 0.3) is 0 Å². The van der Waals surface area contributed by atoms with Crippen LogP contribution >= 0.6 is 7.92 Å². The van der Waals surface area contributed by atoms with Crippen molar-refractivity contribution in [3.8, 4) is 0 Å². The van der Waals surface area contributed by atoms with Gasteiger partial charge in [-0.3, -0.25) is 0 Å². The Bertz CT molecular complexity index is 1230. The van der Waals surface area contributed by atoms with Crippen molar-refractivity contribution >= 4 is 45.8 Å². The van der Waals surface area contributed by atoms with Gasteiger partial charge in [0, 0.05) is 19.5 Å². The third kappa shape index (κ3) is 2.99. The summed E-state index contributed by atoms with van der Waals surface area (Å²) in [5.74, 6) is 0. The lowest BCUT2D eigenvalue weighted by Gasteiger charge is -2.20. The first-order valence-corrected chi connectivity index (χ1v) is 10.3. The maximum atomic E-state index is 4.95. The maximum absolute atomic E-state index is 4.95. The Labute approximate surface area is 159 Å². The molecule has 0 saturated heterocycles. The Morgan fingerprint density at radius 3 is 2.30 bits per heavy atom. The van der Waals surface area contributed by atoms with E-state index >= 15 is 0 Å². The topological polar surface area (TPSA) is 25.8 Å². The van der Waals surface area contributed by atoms with Crippen LogP contribution < -0.4 is 16.0 Å². The first kappa shape index (κ1) is 16.1. The predicted octanol–water partition coefficient (Wildman–Crippen LogP) is 4.54. The number of nitrogens with zero attached hydrogens (tertiary/aromatic N) is 2. The molecule has 0 aliphatic carbocycles. The third-order valence-electron chi connectivity index (χ3n) is 4.70. The summed E-state index contributed by atoms with van der Waals surface area (Å²) in [5.41, 5.74) is 1.89. The fourth-order valence-corrected chi connectivity index (χ4v) is 5.80. The van der Waals surface area contributed by atoms with E-state index in [1.807, 2.05) is 12.3 Å². The highest BCUT2D eigenvalue weighted by molar-refractivity contribution is 7.80. The second-order valence-electron chi connectivity index (χ2n) is 6.39. The van der Waals surface area contributed by atoms with Crippen molar-refractivity contribution in [3.63, 3.8) is 0 Å². The molecule has 5 aromatic rings. The van der Waals surface area contributed by atoms with Gasteiger partial charge in [-0.25, -0.2) is 9.97 Å². The number of pyridine rings is 2. The quantitative estimate of drug-likeness (QED) is 0.439. The van der Waals surface area contributed by atoms with Crippen molar-refractivity contribution in [2.24, 2.45) is 0 Å². The monoisotopic (exact) mass is 364 g/mol. The lowest BCUT2D eigenvalue weighted by atomic mass is 10.1. The fourth-order valence-electron chi connectivity index (χ4n) is 3.44. The van der Waals surface area contributed by atoms with Crippen LogP contribution in [0.3, 0.4) is 0 Å². The summed E-state index contributed by atoms with van der Waals surface area (Å²) in [6.07, 6.45) is 1.81. The highest BCUT2D eigenvalue weighted by Gasteiger charge is 2.20. The zero-order chi connectivity index (χ0) is 18.1. The molecule has 3 heteroatoms. The molecule has 1 atom stereocenters. The summed E-state index contributed by atoms with van der Waals surface area (Å²) in [6, 6.07) is 34.1. The van der Waals surface area contributed by atoms with Gasteiger partial charge in [-0.05, 0) is 45.6 Å². The van der Waals surface area contributed by atoms with E-state index in [9.17, 15) is 0 Å². The molecule has 0 N–H and O–H groups in total. The van der Waals surface area contributed by atoms with Crippen molar-refractivity contribution in [2.45, 2.75) is 0 Å². The molecule has 5 rings (SSSR count). The third-order valence-corrected chi connectivity index (χ3v) is 7.09. The Morgan fingerprint density at radius 1 is 0.593 bits per heavy atom.